The average Bonchev–Trinajstić information content (AvgIpc) is 2.41. The Bertz CT molecular complexity index is 568. The van der Waals surface area contributed by atoms with Crippen molar-refractivity contribution in [3.05, 3.63) is 70.0 Å². The monoisotopic (exact) mass is 277 g/mol. The summed E-state index contributed by atoms with van der Waals surface area (Å²) in [5.41, 5.74) is 9.11. The summed E-state index contributed by atoms with van der Waals surface area (Å²) in [6, 6.07) is 12.6. The third-order valence-corrected chi connectivity index (χ3v) is 3.53. The van der Waals surface area contributed by atoms with Crippen molar-refractivity contribution in [2.45, 2.75) is 25.8 Å². The Kier molecular flexibility index (Phi) is 4.56. The molecule has 19 heavy (non-hydrogen) atoms. The average molecular weight is 278 g/mol. The van der Waals surface area contributed by atoms with Crippen molar-refractivity contribution in [3.63, 3.8) is 0 Å². The smallest absolute Gasteiger partial charge is 0.127 e. The van der Waals surface area contributed by atoms with Crippen LogP contribution in [-0.4, -0.2) is 0 Å². The molecule has 0 aliphatic rings. The van der Waals surface area contributed by atoms with E-state index in [1.165, 1.54) is 11.6 Å². The van der Waals surface area contributed by atoms with Crippen molar-refractivity contribution < 1.29 is 4.39 Å². The lowest BCUT2D eigenvalue weighted by atomic mass is 9.94. The molecule has 0 saturated heterocycles. The molecule has 0 fully saturated rings. The molecule has 0 spiro atoms. The molecule has 0 radical (unpaired) electrons. The highest BCUT2D eigenvalue weighted by molar-refractivity contribution is 6.30. The lowest BCUT2D eigenvalue weighted by Gasteiger charge is -2.16. The summed E-state index contributed by atoms with van der Waals surface area (Å²) in [4.78, 5) is 0. The van der Waals surface area contributed by atoms with Crippen LogP contribution in [0.15, 0.2) is 42.5 Å². The van der Waals surface area contributed by atoms with Gasteiger partial charge in [-0.3, -0.25) is 0 Å². The second-order valence-electron chi connectivity index (χ2n) is 4.60. The first-order valence-corrected chi connectivity index (χ1v) is 6.77. The first-order valence-electron chi connectivity index (χ1n) is 6.39. The quantitative estimate of drug-likeness (QED) is 0.887. The van der Waals surface area contributed by atoms with Gasteiger partial charge in [0.1, 0.15) is 5.82 Å². The Labute approximate surface area is 118 Å². The SMILES string of the molecule is CCc1ccccc1C(N)Cc1ccc(Cl)cc1F. The Morgan fingerprint density at radius 2 is 1.89 bits per heavy atom. The predicted octanol–water partition coefficient (Wildman–Crippen LogP) is 4.28. The molecule has 3 heteroatoms. The number of rotatable bonds is 4. The minimum absolute atomic E-state index is 0.202. The molecular formula is C16H17ClFN. The van der Waals surface area contributed by atoms with Gasteiger partial charge in [-0.05, 0) is 41.7 Å². The van der Waals surface area contributed by atoms with Crippen molar-refractivity contribution >= 4 is 11.6 Å². The number of aryl methyl sites for hydroxylation is 1. The Morgan fingerprint density at radius 3 is 2.58 bits per heavy atom. The minimum Gasteiger partial charge on any atom is -0.324 e. The van der Waals surface area contributed by atoms with Gasteiger partial charge < -0.3 is 5.73 Å². The molecule has 2 N–H and O–H groups in total. The normalized spacial score (nSPS) is 12.4. The fourth-order valence-corrected chi connectivity index (χ4v) is 2.41. The first-order chi connectivity index (χ1) is 9.11. The van der Waals surface area contributed by atoms with Gasteiger partial charge in [-0.25, -0.2) is 4.39 Å². The van der Waals surface area contributed by atoms with Crippen LogP contribution in [0.2, 0.25) is 5.02 Å². The topological polar surface area (TPSA) is 26.0 Å². The van der Waals surface area contributed by atoms with Crippen molar-refractivity contribution in [2.75, 3.05) is 0 Å². The number of halogens is 2. The van der Waals surface area contributed by atoms with Gasteiger partial charge in [0, 0.05) is 11.1 Å². The zero-order valence-electron chi connectivity index (χ0n) is 10.9. The van der Waals surface area contributed by atoms with E-state index >= 15 is 0 Å². The van der Waals surface area contributed by atoms with Gasteiger partial charge in [0.25, 0.3) is 0 Å². The number of hydrogen-bond donors (Lipinski definition) is 1. The van der Waals surface area contributed by atoms with E-state index in [1.807, 2.05) is 18.2 Å². The molecule has 100 valence electrons. The molecule has 0 heterocycles. The fourth-order valence-electron chi connectivity index (χ4n) is 2.25. The highest BCUT2D eigenvalue weighted by Gasteiger charge is 2.13. The number of hydrogen-bond acceptors (Lipinski definition) is 1. The molecule has 0 aliphatic carbocycles. The van der Waals surface area contributed by atoms with E-state index < -0.39 is 0 Å². The number of nitrogens with two attached hydrogens (primary N) is 1. The van der Waals surface area contributed by atoms with Crippen LogP contribution in [0.1, 0.15) is 29.7 Å². The van der Waals surface area contributed by atoms with E-state index in [0.717, 1.165) is 12.0 Å². The zero-order chi connectivity index (χ0) is 13.8. The Hall–Kier alpha value is -1.38. The van der Waals surface area contributed by atoms with Gasteiger partial charge in [0.05, 0.1) is 0 Å². The van der Waals surface area contributed by atoms with E-state index in [9.17, 15) is 4.39 Å². The third-order valence-electron chi connectivity index (χ3n) is 3.29. The summed E-state index contributed by atoms with van der Waals surface area (Å²) in [6.07, 6.45) is 1.40. The third kappa shape index (κ3) is 3.34. The van der Waals surface area contributed by atoms with Crippen molar-refractivity contribution in [1.29, 1.82) is 0 Å². The van der Waals surface area contributed by atoms with Crippen LogP contribution >= 0.6 is 11.6 Å². The lowest BCUT2D eigenvalue weighted by molar-refractivity contribution is 0.592. The second-order valence-corrected chi connectivity index (χ2v) is 5.04. The molecule has 0 aromatic heterocycles. The minimum atomic E-state index is -0.295. The number of benzene rings is 2. The fraction of sp³-hybridized carbons (Fsp3) is 0.250. The summed E-state index contributed by atoms with van der Waals surface area (Å²) in [6.45, 7) is 2.09. The van der Waals surface area contributed by atoms with Crippen LogP contribution in [0.5, 0.6) is 0 Å². The summed E-state index contributed by atoms with van der Waals surface area (Å²) < 4.78 is 13.8. The van der Waals surface area contributed by atoms with Crippen molar-refractivity contribution in [2.24, 2.45) is 5.73 Å². The molecule has 0 saturated carbocycles. The maximum atomic E-state index is 13.8. The molecule has 2 aromatic carbocycles. The van der Waals surface area contributed by atoms with E-state index in [-0.39, 0.29) is 11.9 Å². The summed E-state index contributed by atoms with van der Waals surface area (Å²) in [7, 11) is 0. The van der Waals surface area contributed by atoms with E-state index in [0.29, 0.717) is 17.0 Å². The summed E-state index contributed by atoms with van der Waals surface area (Å²) >= 11 is 5.75. The van der Waals surface area contributed by atoms with Gasteiger partial charge in [-0.2, -0.15) is 0 Å². The standard InChI is InChI=1S/C16H17ClFN/c1-2-11-5-3-4-6-14(11)16(19)9-12-7-8-13(17)10-15(12)18/h3-8,10,16H,2,9,19H2,1H3. The molecule has 1 atom stereocenters. The lowest BCUT2D eigenvalue weighted by Crippen LogP contribution is -2.16. The van der Waals surface area contributed by atoms with Crippen molar-refractivity contribution in [3.8, 4) is 0 Å². The largest absolute Gasteiger partial charge is 0.324 e. The highest BCUT2D eigenvalue weighted by Crippen LogP contribution is 2.23. The zero-order valence-corrected chi connectivity index (χ0v) is 11.6. The maximum Gasteiger partial charge on any atom is 0.127 e. The summed E-state index contributed by atoms with van der Waals surface area (Å²) in [5.74, 6) is -0.295. The molecule has 2 aromatic rings. The van der Waals surface area contributed by atoms with Crippen molar-refractivity contribution in [1.82, 2.24) is 0 Å². The van der Waals surface area contributed by atoms with Crippen LogP contribution in [-0.2, 0) is 12.8 Å². The second kappa shape index (κ2) is 6.18. The predicted molar refractivity (Wildman–Crippen MR) is 77.9 cm³/mol. The van der Waals surface area contributed by atoms with Crippen LogP contribution in [0.3, 0.4) is 0 Å². The van der Waals surface area contributed by atoms with E-state index in [4.69, 9.17) is 17.3 Å². The molecule has 0 bridgehead atoms. The van der Waals surface area contributed by atoms with Crippen LogP contribution < -0.4 is 5.73 Å². The molecule has 1 nitrogen and oxygen atoms in total. The molecule has 1 unspecified atom stereocenters. The van der Waals surface area contributed by atoms with Crippen LogP contribution in [0, 0.1) is 5.82 Å². The maximum absolute atomic E-state index is 13.8. The van der Waals surface area contributed by atoms with Gasteiger partial charge in [0.2, 0.25) is 0 Å². The van der Waals surface area contributed by atoms with Gasteiger partial charge in [0.15, 0.2) is 0 Å². The van der Waals surface area contributed by atoms with Gasteiger partial charge in [-0.15, -0.1) is 0 Å². The highest BCUT2D eigenvalue weighted by atomic mass is 35.5. The Morgan fingerprint density at radius 1 is 1.16 bits per heavy atom. The summed E-state index contributed by atoms with van der Waals surface area (Å²) in [5, 5.41) is 0.406. The van der Waals surface area contributed by atoms with Gasteiger partial charge >= 0.3 is 0 Å². The van der Waals surface area contributed by atoms with Gasteiger partial charge in [-0.1, -0.05) is 48.9 Å². The van der Waals surface area contributed by atoms with Crippen LogP contribution in [0.25, 0.3) is 0 Å². The Balaban J connectivity index is 2.23. The molecule has 0 aliphatic heterocycles. The van der Waals surface area contributed by atoms with E-state index in [2.05, 4.69) is 13.0 Å². The van der Waals surface area contributed by atoms with Crippen LogP contribution in [0.4, 0.5) is 4.39 Å². The molecule has 0 amide bonds. The van der Waals surface area contributed by atoms with E-state index in [1.54, 1.807) is 12.1 Å². The molecular weight excluding hydrogens is 261 g/mol. The first kappa shape index (κ1) is 14.0. The molecule has 2 rings (SSSR count).